The summed E-state index contributed by atoms with van der Waals surface area (Å²) in [4.78, 5) is 21.3. The Morgan fingerprint density at radius 1 is 1.10 bits per heavy atom. The topological polar surface area (TPSA) is 98.3 Å². The Morgan fingerprint density at radius 3 is 2.50 bits per heavy atom. The molecule has 0 bridgehead atoms. The molecule has 156 valence electrons. The summed E-state index contributed by atoms with van der Waals surface area (Å²) in [5.74, 6) is -0.275. The number of nitrogens with one attached hydrogen (secondary N) is 1. The third-order valence-corrected chi connectivity index (χ3v) is 6.20. The standard InChI is InChI=1S/C20H17Cl2N3O4S/c1-11-6-7-23-12(2)18(11)20(26)19-16(8-13(21)10-24-19)25-30(27,28)14-4-5-15(22)17(9-14)29-3/h4-10,25H,1-3H3. The molecule has 0 aliphatic carbocycles. The zero-order chi connectivity index (χ0) is 22.1. The number of aromatic nitrogens is 2. The lowest BCUT2D eigenvalue weighted by atomic mass is 10.0. The van der Waals surface area contributed by atoms with E-state index in [1.54, 1.807) is 26.1 Å². The van der Waals surface area contributed by atoms with Gasteiger partial charge in [0.1, 0.15) is 11.4 Å². The number of hydrogen-bond donors (Lipinski definition) is 1. The monoisotopic (exact) mass is 465 g/mol. The van der Waals surface area contributed by atoms with Gasteiger partial charge >= 0.3 is 0 Å². The minimum atomic E-state index is -4.09. The fourth-order valence-electron chi connectivity index (χ4n) is 2.86. The highest BCUT2D eigenvalue weighted by atomic mass is 35.5. The maximum atomic E-state index is 13.2. The number of carbonyl (C=O) groups excluding carboxylic acids is 1. The van der Waals surface area contributed by atoms with Crippen molar-refractivity contribution in [3.8, 4) is 5.75 Å². The summed E-state index contributed by atoms with van der Waals surface area (Å²) in [5, 5.41) is 0.428. The normalized spacial score (nSPS) is 11.2. The maximum absolute atomic E-state index is 13.2. The molecule has 7 nitrogen and oxygen atoms in total. The molecule has 0 fully saturated rings. The zero-order valence-corrected chi connectivity index (χ0v) is 18.6. The van der Waals surface area contributed by atoms with E-state index in [4.69, 9.17) is 27.9 Å². The number of halogens is 2. The van der Waals surface area contributed by atoms with Gasteiger partial charge < -0.3 is 4.74 Å². The van der Waals surface area contributed by atoms with Crippen molar-refractivity contribution in [2.24, 2.45) is 0 Å². The summed E-state index contributed by atoms with van der Waals surface area (Å²) >= 11 is 12.0. The van der Waals surface area contributed by atoms with E-state index in [0.717, 1.165) is 0 Å². The number of anilines is 1. The molecule has 2 aromatic heterocycles. The fourth-order valence-corrected chi connectivity index (χ4v) is 4.29. The number of nitrogens with zero attached hydrogens (tertiary/aromatic N) is 2. The van der Waals surface area contributed by atoms with Gasteiger partial charge in [0.05, 0.1) is 27.7 Å². The number of sulfonamides is 1. The summed E-state index contributed by atoms with van der Waals surface area (Å²) in [5.41, 5.74) is 1.40. The molecule has 3 rings (SSSR count). The van der Waals surface area contributed by atoms with E-state index < -0.39 is 15.8 Å². The van der Waals surface area contributed by atoms with Crippen LogP contribution in [-0.2, 0) is 10.0 Å². The zero-order valence-electron chi connectivity index (χ0n) is 16.2. The first-order valence-corrected chi connectivity index (χ1v) is 10.9. The van der Waals surface area contributed by atoms with Gasteiger partial charge in [-0.2, -0.15) is 0 Å². The Morgan fingerprint density at radius 2 is 1.83 bits per heavy atom. The fraction of sp³-hybridized carbons (Fsp3) is 0.150. The van der Waals surface area contributed by atoms with Crippen LogP contribution in [0.5, 0.6) is 5.75 Å². The summed E-state index contributed by atoms with van der Waals surface area (Å²) in [6.07, 6.45) is 2.87. The highest BCUT2D eigenvalue weighted by molar-refractivity contribution is 7.92. The third-order valence-electron chi connectivity index (χ3n) is 4.32. The number of carbonyl (C=O) groups is 1. The molecule has 0 amide bonds. The molecule has 10 heteroatoms. The van der Waals surface area contributed by atoms with Crippen LogP contribution in [0.25, 0.3) is 0 Å². The van der Waals surface area contributed by atoms with Gasteiger partial charge in [-0.25, -0.2) is 13.4 Å². The van der Waals surface area contributed by atoms with Gasteiger partial charge in [0.2, 0.25) is 5.78 Å². The first kappa shape index (κ1) is 22.0. The number of pyridine rings is 2. The molecule has 1 aromatic carbocycles. The molecular formula is C20H17Cl2N3O4S. The smallest absolute Gasteiger partial charge is 0.262 e. The lowest BCUT2D eigenvalue weighted by Crippen LogP contribution is -2.18. The summed E-state index contributed by atoms with van der Waals surface area (Å²) in [6.45, 7) is 3.46. The predicted octanol–water partition coefficient (Wildman–Crippen LogP) is 4.44. The van der Waals surface area contributed by atoms with Gasteiger partial charge in [0, 0.05) is 29.7 Å². The van der Waals surface area contributed by atoms with E-state index in [2.05, 4.69) is 14.7 Å². The summed E-state index contributed by atoms with van der Waals surface area (Å²) < 4.78 is 33.3. The van der Waals surface area contributed by atoms with Crippen LogP contribution >= 0.6 is 23.2 Å². The molecule has 0 saturated carbocycles. The van der Waals surface area contributed by atoms with E-state index in [0.29, 0.717) is 16.8 Å². The second kappa shape index (κ2) is 8.59. The van der Waals surface area contributed by atoms with Crippen molar-refractivity contribution in [1.29, 1.82) is 0 Å². The lowest BCUT2D eigenvalue weighted by molar-refractivity contribution is 0.103. The molecule has 3 aromatic rings. The van der Waals surface area contributed by atoms with Gasteiger partial charge in [0.25, 0.3) is 10.0 Å². The minimum absolute atomic E-state index is 0.0518. The Bertz CT molecular complexity index is 1230. The van der Waals surface area contributed by atoms with Crippen LogP contribution in [0.1, 0.15) is 27.3 Å². The second-order valence-electron chi connectivity index (χ2n) is 6.37. The number of methoxy groups -OCH3 is 1. The third kappa shape index (κ3) is 4.40. The molecule has 2 heterocycles. The molecule has 0 atom stereocenters. The molecule has 0 saturated heterocycles. The van der Waals surface area contributed by atoms with Crippen molar-refractivity contribution in [1.82, 2.24) is 9.97 Å². The predicted molar refractivity (Wildman–Crippen MR) is 115 cm³/mol. The van der Waals surface area contributed by atoms with Crippen molar-refractivity contribution >= 4 is 44.7 Å². The van der Waals surface area contributed by atoms with Crippen LogP contribution in [0.3, 0.4) is 0 Å². The molecule has 0 radical (unpaired) electrons. The SMILES string of the molecule is COc1cc(S(=O)(=O)Nc2cc(Cl)cnc2C(=O)c2c(C)ccnc2C)ccc1Cl. The molecule has 0 spiro atoms. The first-order chi connectivity index (χ1) is 14.1. The minimum Gasteiger partial charge on any atom is -0.495 e. The number of hydrogen-bond acceptors (Lipinski definition) is 6. The first-order valence-electron chi connectivity index (χ1n) is 8.63. The largest absolute Gasteiger partial charge is 0.495 e. The molecule has 0 unspecified atom stereocenters. The number of benzene rings is 1. The number of ketones is 1. The van der Waals surface area contributed by atoms with Crippen LogP contribution in [0.15, 0.2) is 47.6 Å². The Hall–Kier alpha value is -2.68. The highest BCUT2D eigenvalue weighted by Crippen LogP contribution is 2.30. The number of rotatable bonds is 6. The molecule has 1 N–H and O–H groups in total. The van der Waals surface area contributed by atoms with E-state index in [9.17, 15) is 13.2 Å². The molecule has 0 aliphatic rings. The van der Waals surface area contributed by atoms with Crippen molar-refractivity contribution in [2.75, 3.05) is 11.8 Å². The summed E-state index contributed by atoms with van der Waals surface area (Å²) in [6, 6.07) is 7.02. The van der Waals surface area contributed by atoms with Crippen LogP contribution in [0.2, 0.25) is 10.0 Å². The molecule has 0 aliphatic heterocycles. The van der Waals surface area contributed by atoms with Crippen LogP contribution in [0, 0.1) is 13.8 Å². The Balaban J connectivity index is 2.07. The van der Waals surface area contributed by atoms with Gasteiger partial charge in [-0.15, -0.1) is 0 Å². The van der Waals surface area contributed by atoms with Crippen molar-refractivity contribution in [3.05, 3.63) is 75.3 Å². The molecule has 30 heavy (non-hydrogen) atoms. The van der Waals surface area contributed by atoms with Gasteiger partial charge in [-0.1, -0.05) is 23.2 Å². The quantitative estimate of drug-likeness (QED) is 0.540. The van der Waals surface area contributed by atoms with Gasteiger partial charge in [0.15, 0.2) is 0 Å². The van der Waals surface area contributed by atoms with Gasteiger partial charge in [-0.3, -0.25) is 14.5 Å². The van der Waals surface area contributed by atoms with Crippen molar-refractivity contribution in [2.45, 2.75) is 18.7 Å². The van der Waals surface area contributed by atoms with E-state index >= 15 is 0 Å². The number of aryl methyl sites for hydroxylation is 2. The van der Waals surface area contributed by atoms with Crippen molar-refractivity contribution < 1.29 is 17.9 Å². The van der Waals surface area contributed by atoms with Crippen LogP contribution in [-0.4, -0.2) is 31.3 Å². The number of ether oxygens (including phenoxy) is 1. The average molecular weight is 466 g/mol. The average Bonchev–Trinajstić information content (AvgIpc) is 2.67. The van der Waals surface area contributed by atoms with Crippen LogP contribution < -0.4 is 9.46 Å². The molecular weight excluding hydrogens is 449 g/mol. The maximum Gasteiger partial charge on any atom is 0.262 e. The van der Waals surface area contributed by atoms with Crippen molar-refractivity contribution in [3.63, 3.8) is 0 Å². The lowest BCUT2D eigenvalue weighted by Gasteiger charge is -2.14. The van der Waals surface area contributed by atoms with E-state index in [1.807, 2.05) is 0 Å². The Labute approximate surface area is 184 Å². The van der Waals surface area contributed by atoms with Gasteiger partial charge in [-0.05, 0) is 43.7 Å². The van der Waals surface area contributed by atoms with Crippen LogP contribution in [0.4, 0.5) is 5.69 Å². The summed E-state index contributed by atoms with van der Waals surface area (Å²) in [7, 11) is -2.72. The Kier molecular flexibility index (Phi) is 6.30. The second-order valence-corrected chi connectivity index (χ2v) is 8.89. The van der Waals surface area contributed by atoms with E-state index in [1.165, 1.54) is 37.6 Å². The highest BCUT2D eigenvalue weighted by Gasteiger charge is 2.24. The van der Waals surface area contributed by atoms with E-state index in [-0.39, 0.29) is 32.1 Å².